The second kappa shape index (κ2) is 4.05. The summed E-state index contributed by atoms with van der Waals surface area (Å²) in [6.45, 7) is 7.58. The van der Waals surface area contributed by atoms with Crippen LogP contribution in [0.4, 0.5) is 0 Å². The third-order valence-corrected chi connectivity index (χ3v) is 4.59. The van der Waals surface area contributed by atoms with Gasteiger partial charge in [-0.1, -0.05) is 32.9 Å². The Morgan fingerprint density at radius 1 is 1.17 bits per heavy atom. The summed E-state index contributed by atoms with van der Waals surface area (Å²) in [6, 6.07) is 3.98. The van der Waals surface area contributed by atoms with E-state index >= 15 is 0 Å². The molecule has 2 atom stereocenters. The molecule has 0 aliphatic heterocycles. The second-order valence-corrected chi connectivity index (χ2v) is 6.14. The topological polar surface area (TPSA) is 60.7 Å². The van der Waals surface area contributed by atoms with E-state index in [4.69, 9.17) is 0 Å². The lowest BCUT2D eigenvalue weighted by molar-refractivity contribution is 0.0189. The van der Waals surface area contributed by atoms with E-state index in [1.807, 2.05) is 39.8 Å². The zero-order valence-corrected chi connectivity index (χ0v) is 11.5. The molecule has 0 amide bonds. The smallest absolute Gasteiger partial charge is 0.0747 e. The fraction of sp³-hybridized carbons (Fsp3) is 0.600. The van der Waals surface area contributed by atoms with Crippen LogP contribution in [-0.4, -0.2) is 28.0 Å². The molecule has 1 aliphatic rings. The minimum atomic E-state index is -0.705. The van der Waals surface area contributed by atoms with Gasteiger partial charge in [0.2, 0.25) is 0 Å². The maximum atomic E-state index is 10.6. The Morgan fingerprint density at radius 3 is 2.28 bits per heavy atom. The third kappa shape index (κ3) is 1.48. The average Bonchev–Trinajstić information content (AvgIpc) is 2.49. The summed E-state index contributed by atoms with van der Waals surface area (Å²) in [6.07, 6.45) is -0.655. The number of rotatable bonds is 2. The Balaban J connectivity index is 2.81. The predicted molar refractivity (Wildman–Crippen MR) is 70.6 cm³/mol. The van der Waals surface area contributed by atoms with Crippen LogP contribution >= 0.6 is 0 Å². The number of fused-ring (bicyclic) bond motifs is 1. The molecule has 0 saturated carbocycles. The zero-order chi connectivity index (χ0) is 13.7. The quantitative estimate of drug-likeness (QED) is 0.743. The van der Waals surface area contributed by atoms with Gasteiger partial charge in [-0.2, -0.15) is 0 Å². The molecule has 0 radical (unpaired) electrons. The van der Waals surface area contributed by atoms with Crippen molar-refractivity contribution < 1.29 is 15.3 Å². The van der Waals surface area contributed by atoms with Crippen molar-refractivity contribution in [3.63, 3.8) is 0 Å². The third-order valence-electron chi connectivity index (χ3n) is 4.59. The second-order valence-electron chi connectivity index (χ2n) is 6.14. The summed E-state index contributed by atoms with van der Waals surface area (Å²) in [5.41, 5.74) is 2.67. The lowest BCUT2D eigenvalue weighted by Crippen LogP contribution is -2.43. The number of aliphatic hydroxyl groups is 3. The molecule has 100 valence electrons. The van der Waals surface area contributed by atoms with E-state index in [0.717, 1.165) is 22.3 Å². The van der Waals surface area contributed by atoms with Gasteiger partial charge < -0.3 is 15.3 Å². The highest BCUT2D eigenvalue weighted by Gasteiger charge is 2.53. The fourth-order valence-electron chi connectivity index (χ4n) is 3.39. The van der Waals surface area contributed by atoms with Crippen LogP contribution in [0.5, 0.6) is 0 Å². The Bertz CT molecular complexity index is 479. The normalized spacial score (nSPS) is 29.4. The van der Waals surface area contributed by atoms with Crippen molar-refractivity contribution >= 4 is 0 Å². The Labute approximate surface area is 108 Å². The fourth-order valence-corrected chi connectivity index (χ4v) is 3.39. The van der Waals surface area contributed by atoms with Crippen molar-refractivity contribution in [2.24, 2.45) is 0 Å². The van der Waals surface area contributed by atoms with Crippen LogP contribution in [0.1, 0.15) is 43.0 Å². The summed E-state index contributed by atoms with van der Waals surface area (Å²) >= 11 is 0. The summed E-state index contributed by atoms with van der Waals surface area (Å²) in [5, 5.41) is 29.9. The number of aryl methyl sites for hydroxylation is 1. The first-order chi connectivity index (χ1) is 8.30. The van der Waals surface area contributed by atoms with Gasteiger partial charge in [-0.05, 0) is 29.2 Å². The molecule has 0 saturated heterocycles. The van der Waals surface area contributed by atoms with Gasteiger partial charge in [-0.3, -0.25) is 0 Å². The molecule has 1 aromatic rings. The molecular weight excluding hydrogens is 228 g/mol. The molecule has 0 bridgehead atoms. The number of benzene rings is 1. The molecule has 3 N–H and O–H groups in total. The van der Waals surface area contributed by atoms with Gasteiger partial charge >= 0.3 is 0 Å². The number of hydrogen-bond acceptors (Lipinski definition) is 3. The molecule has 2 unspecified atom stereocenters. The van der Waals surface area contributed by atoms with Crippen LogP contribution < -0.4 is 0 Å². The van der Waals surface area contributed by atoms with Gasteiger partial charge in [0.05, 0.1) is 19.3 Å². The monoisotopic (exact) mass is 250 g/mol. The first kappa shape index (κ1) is 13.5. The molecule has 2 rings (SSSR count). The number of aliphatic hydroxyl groups excluding tert-OH is 3. The standard InChI is InChI=1S/C15H22O3/c1-9-5-6-11-12(10(9)7-16)15(4,8-17)13(18)14(11,2)3/h5-6,13,16-18H,7-8H2,1-4H3. The Kier molecular flexibility index (Phi) is 3.05. The van der Waals surface area contributed by atoms with E-state index in [2.05, 4.69) is 0 Å². The van der Waals surface area contributed by atoms with Crippen LogP contribution in [0.25, 0.3) is 0 Å². The maximum absolute atomic E-state index is 10.6. The van der Waals surface area contributed by atoms with Crippen LogP contribution in [0, 0.1) is 6.92 Å². The molecule has 18 heavy (non-hydrogen) atoms. The highest BCUT2D eigenvalue weighted by atomic mass is 16.3. The predicted octanol–water partition coefficient (Wildman–Crippen LogP) is 1.39. The van der Waals surface area contributed by atoms with E-state index in [9.17, 15) is 15.3 Å². The molecular formula is C15H22O3. The van der Waals surface area contributed by atoms with Gasteiger partial charge in [0.1, 0.15) is 0 Å². The first-order valence-electron chi connectivity index (χ1n) is 6.34. The SMILES string of the molecule is Cc1ccc2c(c1CO)C(C)(CO)C(O)C2(C)C. The van der Waals surface area contributed by atoms with Crippen molar-refractivity contribution in [2.45, 2.75) is 51.2 Å². The van der Waals surface area contributed by atoms with Crippen LogP contribution in [0.2, 0.25) is 0 Å². The molecule has 3 heteroatoms. The maximum Gasteiger partial charge on any atom is 0.0747 e. The Morgan fingerprint density at radius 2 is 1.78 bits per heavy atom. The molecule has 0 fully saturated rings. The molecule has 0 spiro atoms. The van der Waals surface area contributed by atoms with Crippen molar-refractivity contribution in [3.05, 3.63) is 34.4 Å². The summed E-state index contributed by atoms with van der Waals surface area (Å²) in [7, 11) is 0. The van der Waals surface area contributed by atoms with Gasteiger partial charge in [0.25, 0.3) is 0 Å². The lowest BCUT2D eigenvalue weighted by atomic mass is 9.77. The van der Waals surface area contributed by atoms with Gasteiger partial charge in [-0.25, -0.2) is 0 Å². The minimum absolute atomic E-state index is 0.0621. The summed E-state index contributed by atoms with van der Waals surface area (Å²) in [5.74, 6) is 0. The van der Waals surface area contributed by atoms with Crippen LogP contribution in [0.3, 0.4) is 0 Å². The average molecular weight is 250 g/mol. The van der Waals surface area contributed by atoms with E-state index in [1.54, 1.807) is 0 Å². The van der Waals surface area contributed by atoms with Crippen molar-refractivity contribution in [1.29, 1.82) is 0 Å². The Hall–Kier alpha value is -0.900. The molecule has 1 aromatic carbocycles. The van der Waals surface area contributed by atoms with Crippen molar-refractivity contribution in [2.75, 3.05) is 6.61 Å². The summed E-state index contributed by atoms with van der Waals surface area (Å²) < 4.78 is 0. The highest BCUT2D eigenvalue weighted by Crippen LogP contribution is 2.51. The molecule has 0 aromatic heterocycles. The van der Waals surface area contributed by atoms with Crippen molar-refractivity contribution in [3.8, 4) is 0 Å². The van der Waals surface area contributed by atoms with E-state index in [-0.39, 0.29) is 13.2 Å². The molecule has 1 aliphatic carbocycles. The van der Waals surface area contributed by atoms with E-state index in [0.29, 0.717) is 0 Å². The zero-order valence-electron chi connectivity index (χ0n) is 11.5. The van der Waals surface area contributed by atoms with Gasteiger partial charge in [-0.15, -0.1) is 0 Å². The minimum Gasteiger partial charge on any atom is -0.395 e. The summed E-state index contributed by atoms with van der Waals surface area (Å²) in [4.78, 5) is 0. The molecule has 3 nitrogen and oxygen atoms in total. The van der Waals surface area contributed by atoms with E-state index in [1.165, 1.54) is 0 Å². The largest absolute Gasteiger partial charge is 0.395 e. The van der Waals surface area contributed by atoms with Crippen molar-refractivity contribution in [1.82, 2.24) is 0 Å². The van der Waals surface area contributed by atoms with Gasteiger partial charge in [0.15, 0.2) is 0 Å². The lowest BCUT2D eigenvalue weighted by Gasteiger charge is -2.33. The molecule has 0 heterocycles. The van der Waals surface area contributed by atoms with Gasteiger partial charge in [0, 0.05) is 10.8 Å². The number of hydrogen-bond donors (Lipinski definition) is 3. The van der Waals surface area contributed by atoms with Crippen LogP contribution in [-0.2, 0) is 17.4 Å². The van der Waals surface area contributed by atoms with Crippen LogP contribution in [0.15, 0.2) is 12.1 Å². The van der Waals surface area contributed by atoms with E-state index < -0.39 is 16.9 Å². The first-order valence-corrected chi connectivity index (χ1v) is 6.34. The highest BCUT2D eigenvalue weighted by molar-refractivity contribution is 5.54.